The molecule has 5 heterocycles. The first-order chi connectivity index (χ1) is 30.0. The van der Waals surface area contributed by atoms with Crippen molar-refractivity contribution in [1.82, 2.24) is 30.4 Å². The van der Waals surface area contributed by atoms with Crippen LogP contribution in [0.25, 0.3) is 22.3 Å². The lowest BCUT2D eigenvalue weighted by Crippen LogP contribution is -2.59. The number of nitrogens with zero attached hydrogens (tertiary/aromatic N) is 4. The third-order valence-corrected chi connectivity index (χ3v) is 13.7. The SMILES string of the molecule is CC[C@@H]1C[C@]1(NC(=O)[C@@H]1C[C@@H](Oc2cc(-c3csc(NC(C)C)n3)nc3c(Cl)c(OCCN4CCOCC4)ccc23)CN1C(=O)[C@@H](NC(=O)O[C@@H]1C[C@@H]2O[C@@H]2C1)C(C)(C)C)C(=O)O. The average Bonchev–Trinajstić information content (AvgIpc) is 3.91. The van der Waals surface area contributed by atoms with E-state index in [-0.39, 0.29) is 49.7 Å². The molecule has 3 aliphatic heterocycles. The van der Waals surface area contributed by atoms with Crippen molar-refractivity contribution < 1.29 is 48.0 Å². The first kappa shape index (κ1) is 45.1. The van der Waals surface area contributed by atoms with E-state index in [4.69, 9.17) is 45.3 Å². The highest BCUT2D eigenvalue weighted by molar-refractivity contribution is 7.14. The summed E-state index contributed by atoms with van der Waals surface area (Å²) in [5.74, 6) is -1.65. The molecule has 3 amide bonds. The Kier molecular flexibility index (Phi) is 13.0. The average molecular weight is 913 g/mol. The Morgan fingerprint density at radius 1 is 1.05 bits per heavy atom. The van der Waals surface area contributed by atoms with Crippen LogP contribution in [0.4, 0.5) is 9.93 Å². The van der Waals surface area contributed by atoms with E-state index in [0.717, 1.165) is 13.1 Å². The van der Waals surface area contributed by atoms with Gasteiger partial charge < -0.3 is 49.6 Å². The molecule has 4 N–H and O–H groups in total. The van der Waals surface area contributed by atoms with Gasteiger partial charge in [0.1, 0.15) is 58.7 Å². The molecule has 2 aliphatic carbocycles. The summed E-state index contributed by atoms with van der Waals surface area (Å²) < 4.78 is 29.7. The molecule has 0 radical (unpaired) electrons. The second-order valence-corrected chi connectivity index (χ2v) is 19.9. The largest absolute Gasteiger partial charge is 0.491 e. The number of fused-ring (bicyclic) bond motifs is 2. The van der Waals surface area contributed by atoms with Gasteiger partial charge in [-0.1, -0.05) is 45.7 Å². The van der Waals surface area contributed by atoms with E-state index in [0.29, 0.717) is 89.6 Å². The number of pyridine rings is 1. The highest BCUT2D eigenvalue weighted by Crippen LogP contribution is 2.47. The Labute approximate surface area is 375 Å². The van der Waals surface area contributed by atoms with Gasteiger partial charge in [-0.05, 0) is 43.7 Å². The molecule has 3 aromatic rings. The van der Waals surface area contributed by atoms with E-state index in [1.165, 1.54) is 16.2 Å². The number of carboxylic acids is 1. The van der Waals surface area contributed by atoms with Gasteiger partial charge in [-0.25, -0.2) is 19.6 Å². The lowest BCUT2D eigenvalue weighted by molar-refractivity contribution is -0.146. The molecule has 3 saturated heterocycles. The topological polar surface area (TPSA) is 206 Å². The Balaban J connectivity index is 1.09. The van der Waals surface area contributed by atoms with Crippen molar-refractivity contribution in [3.05, 3.63) is 28.6 Å². The third kappa shape index (κ3) is 9.94. The number of carboxylic acid groups (broad SMARTS) is 1. The van der Waals surface area contributed by atoms with Crippen LogP contribution in [-0.4, -0.2) is 143 Å². The van der Waals surface area contributed by atoms with Crippen molar-refractivity contribution in [2.75, 3.05) is 51.3 Å². The predicted octanol–water partition coefficient (Wildman–Crippen LogP) is 5.33. The van der Waals surface area contributed by atoms with E-state index in [2.05, 4.69) is 20.9 Å². The van der Waals surface area contributed by atoms with Crippen LogP contribution in [0.1, 0.15) is 73.6 Å². The fraction of sp³-hybridized carbons (Fsp3) is 0.636. The summed E-state index contributed by atoms with van der Waals surface area (Å²) in [6.07, 6.45) is 0.474. The Hall–Kier alpha value is -4.49. The van der Waals surface area contributed by atoms with Crippen molar-refractivity contribution in [2.24, 2.45) is 11.3 Å². The molecule has 63 heavy (non-hydrogen) atoms. The fourth-order valence-corrected chi connectivity index (χ4v) is 10.0. The van der Waals surface area contributed by atoms with Crippen molar-refractivity contribution in [2.45, 2.75) is 122 Å². The Morgan fingerprint density at radius 3 is 2.46 bits per heavy atom. The summed E-state index contributed by atoms with van der Waals surface area (Å²) >= 11 is 8.54. The van der Waals surface area contributed by atoms with Crippen molar-refractivity contribution in [3.63, 3.8) is 0 Å². The van der Waals surface area contributed by atoms with Crippen molar-refractivity contribution >= 4 is 62.8 Å². The number of amides is 3. The number of aromatic nitrogens is 2. The second-order valence-electron chi connectivity index (χ2n) is 18.6. The molecule has 2 saturated carbocycles. The van der Waals surface area contributed by atoms with Gasteiger partial charge in [0, 0.05) is 61.8 Å². The van der Waals surface area contributed by atoms with Gasteiger partial charge in [0.2, 0.25) is 11.8 Å². The van der Waals surface area contributed by atoms with E-state index in [1.807, 2.05) is 53.0 Å². The summed E-state index contributed by atoms with van der Waals surface area (Å²) in [7, 11) is 0. The molecule has 342 valence electrons. The second kappa shape index (κ2) is 18.2. The van der Waals surface area contributed by atoms with Gasteiger partial charge in [-0.3, -0.25) is 14.5 Å². The summed E-state index contributed by atoms with van der Waals surface area (Å²) in [5, 5.41) is 22.7. The van der Waals surface area contributed by atoms with Crippen LogP contribution >= 0.6 is 22.9 Å². The smallest absolute Gasteiger partial charge is 0.408 e. The number of carbonyl (C=O) groups excluding carboxylic acids is 3. The number of likely N-dealkylation sites (tertiary alicyclic amines) is 1. The standard InChI is InChI=1S/C44H58ClN7O10S/c1-7-24-20-44(24,40(55)56)50-38(53)30-16-26(21-52(30)39(54)37(43(4,5)6)49-42(57)61-25-17-33-34(18-25)62-33)60-32-19-28(29-22-63-41(48-29)46-23(2)3)47-36-27(32)8-9-31(35(36)45)59-15-12-51-10-13-58-14-11-51/h8-9,19,22-26,30,33-34,37H,7,10-18,20-21H2,1-6H3,(H,46,48)(H,49,57)(H,50,53)(H,55,56)/t24-,25-,26-,30+,33+,34-,37-,44-/m1/s1. The maximum atomic E-state index is 14.8. The van der Waals surface area contributed by atoms with Crippen LogP contribution in [0.3, 0.4) is 0 Å². The zero-order valence-electron chi connectivity index (χ0n) is 36.6. The summed E-state index contributed by atoms with van der Waals surface area (Å²) in [6.45, 7) is 15.5. The van der Waals surface area contributed by atoms with Crippen LogP contribution in [-0.2, 0) is 28.6 Å². The lowest BCUT2D eigenvalue weighted by atomic mass is 9.85. The molecule has 8 rings (SSSR count). The maximum Gasteiger partial charge on any atom is 0.408 e. The molecule has 19 heteroatoms. The number of anilines is 1. The van der Waals surface area contributed by atoms with E-state index in [9.17, 15) is 24.3 Å². The Bertz CT molecular complexity index is 2200. The predicted molar refractivity (Wildman–Crippen MR) is 235 cm³/mol. The van der Waals surface area contributed by atoms with Gasteiger partial charge >= 0.3 is 12.1 Å². The van der Waals surface area contributed by atoms with Gasteiger partial charge in [0.15, 0.2) is 5.13 Å². The summed E-state index contributed by atoms with van der Waals surface area (Å²) in [6, 6.07) is 3.31. The first-order valence-corrected chi connectivity index (χ1v) is 23.2. The number of morpholine rings is 1. The molecular weight excluding hydrogens is 854 g/mol. The number of alkyl carbamates (subject to hydrolysis) is 1. The van der Waals surface area contributed by atoms with Crippen molar-refractivity contribution in [1.29, 1.82) is 0 Å². The number of epoxide rings is 1. The minimum atomic E-state index is -1.43. The molecule has 8 atom stereocenters. The van der Waals surface area contributed by atoms with Gasteiger partial charge in [0.25, 0.3) is 0 Å². The number of ether oxygens (including phenoxy) is 5. The number of hydrogen-bond donors (Lipinski definition) is 4. The minimum Gasteiger partial charge on any atom is -0.491 e. The zero-order valence-corrected chi connectivity index (χ0v) is 38.2. The monoisotopic (exact) mass is 911 g/mol. The van der Waals surface area contributed by atoms with Crippen LogP contribution in [0.2, 0.25) is 5.02 Å². The number of benzene rings is 1. The normalized spacial score (nSPS) is 27.1. The molecule has 1 aromatic carbocycles. The third-order valence-electron chi connectivity index (χ3n) is 12.6. The molecule has 2 aromatic heterocycles. The highest BCUT2D eigenvalue weighted by atomic mass is 35.5. The first-order valence-electron chi connectivity index (χ1n) is 22.0. The number of rotatable bonds is 16. The number of aliphatic carboxylic acids is 1. The quantitative estimate of drug-likeness (QED) is 0.134. The zero-order chi connectivity index (χ0) is 44.8. The van der Waals surface area contributed by atoms with Crippen LogP contribution in [0.5, 0.6) is 11.5 Å². The Morgan fingerprint density at radius 2 is 1.79 bits per heavy atom. The fourth-order valence-electron chi connectivity index (χ4n) is 8.93. The van der Waals surface area contributed by atoms with Crippen LogP contribution in [0.15, 0.2) is 23.6 Å². The molecule has 0 unspecified atom stereocenters. The highest BCUT2D eigenvalue weighted by Gasteiger charge is 2.61. The molecule has 0 spiro atoms. The minimum absolute atomic E-state index is 0.0327. The van der Waals surface area contributed by atoms with E-state index in [1.54, 1.807) is 12.1 Å². The van der Waals surface area contributed by atoms with E-state index < -0.39 is 53.0 Å². The summed E-state index contributed by atoms with van der Waals surface area (Å²) in [4.78, 5) is 68.4. The molecule has 17 nitrogen and oxygen atoms in total. The number of carbonyl (C=O) groups is 4. The van der Waals surface area contributed by atoms with Crippen LogP contribution < -0.4 is 25.4 Å². The van der Waals surface area contributed by atoms with Gasteiger partial charge in [-0.15, -0.1) is 11.3 Å². The molecule has 5 fully saturated rings. The number of thiazole rings is 1. The van der Waals surface area contributed by atoms with Gasteiger partial charge in [-0.2, -0.15) is 0 Å². The molecule has 5 aliphatic rings. The molecule has 0 bridgehead atoms. The van der Waals surface area contributed by atoms with E-state index >= 15 is 0 Å². The number of halogens is 1. The van der Waals surface area contributed by atoms with Crippen molar-refractivity contribution in [3.8, 4) is 22.9 Å². The summed E-state index contributed by atoms with van der Waals surface area (Å²) in [5.41, 5.74) is -0.740. The molecular formula is C44H58ClN7O10S. The number of hydrogen-bond acceptors (Lipinski definition) is 14. The maximum absolute atomic E-state index is 14.8. The lowest BCUT2D eigenvalue weighted by Gasteiger charge is -2.35. The number of nitrogens with one attached hydrogen (secondary N) is 3. The van der Waals surface area contributed by atoms with Crippen LogP contribution in [0, 0.1) is 11.3 Å². The van der Waals surface area contributed by atoms with Gasteiger partial charge in [0.05, 0.1) is 43.2 Å².